The van der Waals surface area contributed by atoms with Crippen LogP contribution in [-0.4, -0.2) is 7.11 Å². The van der Waals surface area contributed by atoms with E-state index in [0.717, 1.165) is 22.4 Å². The normalized spacial score (nSPS) is 10.6. The maximum absolute atomic E-state index is 12.9. The van der Waals surface area contributed by atoms with E-state index in [1.54, 1.807) is 19.2 Å². The number of benzene rings is 3. The van der Waals surface area contributed by atoms with Crippen LogP contribution in [0.5, 0.6) is 17.2 Å². The van der Waals surface area contributed by atoms with Crippen molar-refractivity contribution in [2.75, 3.05) is 7.11 Å². The summed E-state index contributed by atoms with van der Waals surface area (Å²) in [7, 11) is 1.64. The van der Waals surface area contributed by atoms with Gasteiger partial charge in [0, 0.05) is 12.1 Å². The number of ether oxygens (including phenoxy) is 3. The SMILES string of the molecule is COc1ccc(CN)cc1COCc1ccc(Oc2ccc(F)cc2)cc1. The molecule has 0 heterocycles. The second kappa shape index (κ2) is 9.16. The standard InChI is InChI=1S/C22H22FNO3/c1-25-22-11-4-17(13-24)12-18(22)15-26-14-16-2-7-20(8-3-16)27-21-9-5-19(23)6-10-21/h2-12H,13-15,24H2,1H3. The number of halogens is 1. The van der Waals surface area contributed by atoms with Crippen LogP contribution in [0.25, 0.3) is 0 Å². The Morgan fingerprint density at radius 3 is 2.07 bits per heavy atom. The van der Waals surface area contributed by atoms with Gasteiger partial charge in [-0.3, -0.25) is 0 Å². The Labute approximate surface area is 158 Å². The van der Waals surface area contributed by atoms with E-state index < -0.39 is 0 Å². The Morgan fingerprint density at radius 2 is 1.44 bits per heavy atom. The van der Waals surface area contributed by atoms with E-state index in [0.29, 0.717) is 31.3 Å². The molecule has 0 radical (unpaired) electrons. The molecule has 5 heteroatoms. The van der Waals surface area contributed by atoms with Gasteiger partial charge in [-0.15, -0.1) is 0 Å². The second-order valence-electron chi connectivity index (χ2n) is 6.04. The molecule has 0 aliphatic heterocycles. The molecule has 0 saturated carbocycles. The monoisotopic (exact) mass is 367 g/mol. The number of hydrogen-bond acceptors (Lipinski definition) is 4. The summed E-state index contributed by atoms with van der Waals surface area (Å²) < 4.78 is 29.8. The van der Waals surface area contributed by atoms with E-state index in [1.807, 2.05) is 42.5 Å². The Hall–Kier alpha value is -2.89. The quantitative estimate of drug-likeness (QED) is 0.621. The molecule has 0 aliphatic carbocycles. The van der Waals surface area contributed by atoms with Crippen LogP contribution in [0.15, 0.2) is 66.7 Å². The Bertz CT molecular complexity index is 864. The average Bonchev–Trinajstić information content (AvgIpc) is 2.71. The van der Waals surface area contributed by atoms with E-state index >= 15 is 0 Å². The summed E-state index contributed by atoms with van der Waals surface area (Å²) in [5, 5.41) is 0. The minimum atomic E-state index is -0.288. The van der Waals surface area contributed by atoms with Gasteiger partial charge in [0.05, 0.1) is 20.3 Å². The highest BCUT2D eigenvalue weighted by Crippen LogP contribution is 2.23. The zero-order chi connectivity index (χ0) is 19.1. The van der Waals surface area contributed by atoms with Crippen molar-refractivity contribution in [3.63, 3.8) is 0 Å². The van der Waals surface area contributed by atoms with Gasteiger partial charge in [-0.25, -0.2) is 4.39 Å². The maximum Gasteiger partial charge on any atom is 0.127 e. The van der Waals surface area contributed by atoms with Crippen LogP contribution in [0.3, 0.4) is 0 Å². The van der Waals surface area contributed by atoms with Crippen molar-refractivity contribution in [1.29, 1.82) is 0 Å². The number of methoxy groups -OCH3 is 1. The van der Waals surface area contributed by atoms with Gasteiger partial charge in [-0.2, -0.15) is 0 Å². The molecule has 0 amide bonds. The third-order valence-corrected chi connectivity index (χ3v) is 4.08. The first-order chi connectivity index (χ1) is 13.2. The van der Waals surface area contributed by atoms with Crippen molar-refractivity contribution >= 4 is 0 Å². The van der Waals surface area contributed by atoms with Gasteiger partial charge >= 0.3 is 0 Å². The van der Waals surface area contributed by atoms with E-state index in [2.05, 4.69) is 0 Å². The molecule has 3 aromatic rings. The van der Waals surface area contributed by atoms with Crippen LogP contribution in [0.1, 0.15) is 16.7 Å². The van der Waals surface area contributed by atoms with Crippen molar-refractivity contribution in [1.82, 2.24) is 0 Å². The second-order valence-corrected chi connectivity index (χ2v) is 6.04. The first kappa shape index (κ1) is 18.9. The third-order valence-electron chi connectivity index (χ3n) is 4.08. The fourth-order valence-corrected chi connectivity index (χ4v) is 2.64. The minimum absolute atomic E-state index is 0.288. The van der Waals surface area contributed by atoms with Crippen molar-refractivity contribution in [2.24, 2.45) is 5.73 Å². The summed E-state index contributed by atoms with van der Waals surface area (Å²) in [6.07, 6.45) is 0. The number of hydrogen-bond donors (Lipinski definition) is 1. The first-order valence-corrected chi connectivity index (χ1v) is 8.64. The summed E-state index contributed by atoms with van der Waals surface area (Å²) >= 11 is 0. The molecule has 4 nitrogen and oxygen atoms in total. The molecule has 3 rings (SSSR count). The lowest BCUT2D eigenvalue weighted by molar-refractivity contribution is 0.105. The van der Waals surface area contributed by atoms with Crippen molar-refractivity contribution in [3.05, 3.63) is 89.2 Å². The Kier molecular flexibility index (Phi) is 6.41. The van der Waals surface area contributed by atoms with E-state index in [-0.39, 0.29) is 5.82 Å². The van der Waals surface area contributed by atoms with Crippen LogP contribution in [0.4, 0.5) is 4.39 Å². The summed E-state index contributed by atoms with van der Waals surface area (Å²) in [4.78, 5) is 0. The maximum atomic E-state index is 12.9. The molecule has 0 atom stereocenters. The predicted octanol–water partition coefficient (Wildman–Crippen LogP) is 4.80. The first-order valence-electron chi connectivity index (χ1n) is 8.64. The topological polar surface area (TPSA) is 53.7 Å². The molecule has 0 unspecified atom stereocenters. The summed E-state index contributed by atoms with van der Waals surface area (Å²) in [5.41, 5.74) is 8.73. The highest BCUT2D eigenvalue weighted by atomic mass is 19.1. The molecule has 3 aromatic carbocycles. The molecule has 0 fully saturated rings. The van der Waals surface area contributed by atoms with E-state index in [9.17, 15) is 4.39 Å². The van der Waals surface area contributed by atoms with Gasteiger partial charge in [-0.1, -0.05) is 18.2 Å². The molecule has 0 bridgehead atoms. The van der Waals surface area contributed by atoms with Gasteiger partial charge in [0.15, 0.2) is 0 Å². The molecular formula is C22H22FNO3. The van der Waals surface area contributed by atoms with Gasteiger partial charge in [0.25, 0.3) is 0 Å². The van der Waals surface area contributed by atoms with Crippen molar-refractivity contribution < 1.29 is 18.6 Å². The predicted molar refractivity (Wildman–Crippen MR) is 102 cm³/mol. The summed E-state index contributed by atoms with van der Waals surface area (Å²) in [5.74, 6) is 1.77. The highest BCUT2D eigenvalue weighted by Gasteiger charge is 2.05. The summed E-state index contributed by atoms with van der Waals surface area (Å²) in [6, 6.07) is 19.4. The fraction of sp³-hybridized carbons (Fsp3) is 0.182. The molecule has 140 valence electrons. The van der Waals surface area contributed by atoms with Crippen LogP contribution in [0.2, 0.25) is 0 Å². The number of nitrogens with two attached hydrogens (primary N) is 1. The van der Waals surface area contributed by atoms with Gasteiger partial charge < -0.3 is 19.9 Å². The van der Waals surface area contributed by atoms with Gasteiger partial charge in [0.1, 0.15) is 23.1 Å². The average molecular weight is 367 g/mol. The molecule has 0 aromatic heterocycles. The lowest BCUT2D eigenvalue weighted by atomic mass is 10.1. The van der Waals surface area contributed by atoms with Crippen LogP contribution < -0.4 is 15.2 Å². The molecule has 0 saturated heterocycles. The van der Waals surface area contributed by atoms with E-state index in [1.165, 1.54) is 12.1 Å². The molecule has 2 N–H and O–H groups in total. The molecular weight excluding hydrogens is 345 g/mol. The van der Waals surface area contributed by atoms with E-state index in [4.69, 9.17) is 19.9 Å². The molecule has 0 spiro atoms. The van der Waals surface area contributed by atoms with Crippen molar-refractivity contribution in [3.8, 4) is 17.2 Å². The molecule has 27 heavy (non-hydrogen) atoms. The lowest BCUT2D eigenvalue weighted by Crippen LogP contribution is -2.01. The zero-order valence-corrected chi connectivity index (χ0v) is 15.2. The smallest absolute Gasteiger partial charge is 0.127 e. The number of rotatable bonds is 8. The van der Waals surface area contributed by atoms with Crippen LogP contribution >= 0.6 is 0 Å². The van der Waals surface area contributed by atoms with Crippen LogP contribution in [-0.2, 0) is 24.5 Å². The Balaban J connectivity index is 1.55. The largest absolute Gasteiger partial charge is 0.496 e. The molecule has 0 aliphatic rings. The lowest BCUT2D eigenvalue weighted by Gasteiger charge is -2.11. The van der Waals surface area contributed by atoms with Crippen LogP contribution in [0, 0.1) is 5.82 Å². The minimum Gasteiger partial charge on any atom is -0.496 e. The zero-order valence-electron chi connectivity index (χ0n) is 15.2. The van der Waals surface area contributed by atoms with Crippen molar-refractivity contribution in [2.45, 2.75) is 19.8 Å². The highest BCUT2D eigenvalue weighted by molar-refractivity contribution is 5.37. The van der Waals surface area contributed by atoms with Gasteiger partial charge in [0.2, 0.25) is 0 Å². The Morgan fingerprint density at radius 1 is 0.815 bits per heavy atom. The van der Waals surface area contributed by atoms with Gasteiger partial charge in [-0.05, 0) is 59.7 Å². The fourth-order valence-electron chi connectivity index (χ4n) is 2.64. The summed E-state index contributed by atoms with van der Waals surface area (Å²) in [6.45, 7) is 1.38. The third kappa shape index (κ3) is 5.29.